The van der Waals surface area contributed by atoms with Gasteiger partial charge < -0.3 is 40.8 Å². The molecule has 14 heteroatoms. The van der Waals surface area contributed by atoms with Gasteiger partial charge in [0.2, 0.25) is 23.6 Å². The first-order valence-corrected chi connectivity index (χ1v) is 16.7. The van der Waals surface area contributed by atoms with Crippen molar-refractivity contribution in [1.29, 1.82) is 0 Å². The van der Waals surface area contributed by atoms with Crippen LogP contribution in [0.1, 0.15) is 84.6 Å². The van der Waals surface area contributed by atoms with Crippen molar-refractivity contribution in [3.63, 3.8) is 0 Å². The molecule has 0 radical (unpaired) electrons. The van der Waals surface area contributed by atoms with Crippen LogP contribution >= 0.6 is 0 Å². The molecule has 1 heterocycles. The van der Waals surface area contributed by atoms with Crippen molar-refractivity contribution in [2.24, 2.45) is 11.8 Å². The van der Waals surface area contributed by atoms with Crippen LogP contribution in [0.15, 0.2) is 30.3 Å². The molecule has 48 heavy (non-hydrogen) atoms. The van der Waals surface area contributed by atoms with Gasteiger partial charge in [-0.2, -0.15) is 0 Å². The summed E-state index contributed by atoms with van der Waals surface area (Å²) >= 11 is 0. The van der Waals surface area contributed by atoms with E-state index < -0.39 is 59.9 Å². The summed E-state index contributed by atoms with van der Waals surface area (Å²) in [5, 5.41) is 19.7. The van der Waals surface area contributed by atoms with Crippen LogP contribution in [-0.4, -0.2) is 89.2 Å². The van der Waals surface area contributed by atoms with Gasteiger partial charge in [0.05, 0.1) is 6.04 Å². The highest BCUT2D eigenvalue weighted by atomic mass is 16.5. The third kappa shape index (κ3) is 13.7. The molecule has 1 aromatic carbocycles. The number of aliphatic carboxylic acids is 1. The Hall–Kier alpha value is -4.49. The average molecular weight is 674 g/mol. The number of unbranched alkanes of at least 4 members (excludes halogenated alkanes) is 1. The summed E-state index contributed by atoms with van der Waals surface area (Å²) in [4.78, 5) is 88.8. The number of likely N-dealkylation sites (tertiary alicyclic amines) is 1. The summed E-state index contributed by atoms with van der Waals surface area (Å²) in [6.45, 7) is 7.84. The maximum atomic E-state index is 13.8. The van der Waals surface area contributed by atoms with Gasteiger partial charge in [0, 0.05) is 25.9 Å². The van der Waals surface area contributed by atoms with E-state index in [1.54, 1.807) is 27.7 Å². The van der Waals surface area contributed by atoms with Crippen molar-refractivity contribution in [2.75, 3.05) is 13.1 Å². The Morgan fingerprint density at radius 3 is 2.27 bits per heavy atom. The number of carbonyl (C=O) groups is 7. The number of benzene rings is 1. The van der Waals surface area contributed by atoms with Crippen LogP contribution in [0, 0.1) is 11.8 Å². The normalized spacial score (nSPS) is 16.0. The number of carboxylic acids is 1. The molecule has 1 fully saturated rings. The molecule has 1 aromatic rings. The van der Waals surface area contributed by atoms with Crippen molar-refractivity contribution in [3.8, 4) is 0 Å². The summed E-state index contributed by atoms with van der Waals surface area (Å²) in [5.74, 6) is -3.48. The van der Waals surface area contributed by atoms with Gasteiger partial charge in [-0.15, -0.1) is 0 Å². The first-order valence-electron chi connectivity index (χ1n) is 16.7. The summed E-state index contributed by atoms with van der Waals surface area (Å²) < 4.78 is 5.20. The van der Waals surface area contributed by atoms with Crippen LogP contribution in [0.3, 0.4) is 0 Å². The monoisotopic (exact) mass is 673 g/mol. The summed E-state index contributed by atoms with van der Waals surface area (Å²) in [6.07, 6.45) is 1.97. The fourth-order valence-electron chi connectivity index (χ4n) is 5.24. The van der Waals surface area contributed by atoms with Gasteiger partial charge in [-0.3, -0.25) is 24.0 Å². The number of ether oxygens (including phenoxy) is 1. The zero-order valence-corrected chi connectivity index (χ0v) is 28.4. The Morgan fingerprint density at radius 1 is 0.938 bits per heavy atom. The SMILES string of the molecule is CC(C)[C@H](NC(=O)[C@H](CCCCNC(=O)OCc1ccccc1)NC(=O)CCCC(=O)O)C(=O)N1CCC[C@H]1C(=O)N[C@H](C=O)C(C)C. The minimum Gasteiger partial charge on any atom is -0.481 e. The van der Waals surface area contributed by atoms with E-state index in [9.17, 15) is 33.6 Å². The van der Waals surface area contributed by atoms with E-state index in [2.05, 4.69) is 21.3 Å². The topological polar surface area (TPSA) is 200 Å². The summed E-state index contributed by atoms with van der Waals surface area (Å²) in [5.41, 5.74) is 0.847. The number of nitrogens with one attached hydrogen (secondary N) is 4. The van der Waals surface area contributed by atoms with Gasteiger partial charge >= 0.3 is 12.1 Å². The molecule has 2 rings (SSSR count). The average Bonchev–Trinajstić information content (AvgIpc) is 3.54. The predicted octanol–water partition coefficient (Wildman–Crippen LogP) is 2.29. The Morgan fingerprint density at radius 2 is 1.65 bits per heavy atom. The highest BCUT2D eigenvalue weighted by molar-refractivity contribution is 5.95. The van der Waals surface area contributed by atoms with E-state index in [4.69, 9.17) is 9.84 Å². The van der Waals surface area contributed by atoms with Crippen LogP contribution in [0.2, 0.25) is 0 Å². The molecule has 1 aliphatic rings. The maximum Gasteiger partial charge on any atom is 0.407 e. The fraction of sp³-hybridized carbons (Fsp3) is 0.618. The van der Waals surface area contributed by atoms with E-state index in [-0.39, 0.29) is 50.7 Å². The number of carbonyl (C=O) groups excluding carboxylic acids is 6. The van der Waals surface area contributed by atoms with Crippen LogP contribution < -0.4 is 21.3 Å². The lowest BCUT2D eigenvalue weighted by atomic mass is 10.00. The van der Waals surface area contributed by atoms with Gasteiger partial charge in [0.15, 0.2) is 0 Å². The first-order chi connectivity index (χ1) is 22.8. The van der Waals surface area contributed by atoms with E-state index in [1.807, 2.05) is 30.3 Å². The summed E-state index contributed by atoms with van der Waals surface area (Å²) in [7, 11) is 0. The van der Waals surface area contributed by atoms with Crippen molar-refractivity contribution in [1.82, 2.24) is 26.2 Å². The number of alkyl carbamates (subject to hydrolysis) is 1. The van der Waals surface area contributed by atoms with Gasteiger partial charge in [0.1, 0.15) is 31.0 Å². The van der Waals surface area contributed by atoms with Gasteiger partial charge in [-0.1, -0.05) is 58.0 Å². The molecule has 1 aliphatic heterocycles. The van der Waals surface area contributed by atoms with Crippen molar-refractivity contribution in [3.05, 3.63) is 35.9 Å². The Kier molecular flexibility index (Phi) is 17.1. The van der Waals surface area contributed by atoms with Crippen molar-refractivity contribution >= 4 is 42.0 Å². The Labute approximate surface area is 282 Å². The van der Waals surface area contributed by atoms with E-state index in [1.165, 1.54) is 4.90 Å². The number of hydrogen-bond acceptors (Lipinski definition) is 8. The molecule has 0 aliphatic carbocycles. The quantitative estimate of drug-likeness (QED) is 0.102. The lowest BCUT2D eigenvalue weighted by Gasteiger charge is -2.32. The number of nitrogens with zero attached hydrogens (tertiary/aromatic N) is 1. The fourth-order valence-corrected chi connectivity index (χ4v) is 5.24. The van der Waals surface area contributed by atoms with Gasteiger partial charge in [0.25, 0.3) is 0 Å². The zero-order chi connectivity index (χ0) is 35.6. The predicted molar refractivity (Wildman–Crippen MR) is 176 cm³/mol. The van der Waals surface area contributed by atoms with Crippen molar-refractivity contribution < 1.29 is 43.4 Å². The smallest absolute Gasteiger partial charge is 0.407 e. The minimum atomic E-state index is -1.04. The molecule has 266 valence electrons. The second kappa shape index (κ2) is 20.7. The minimum absolute atomic E-state index is 0.0950. The standard InChI is InChI=1S/C34H51N5O9/c1-22(2)26(20-40)37-32(45)27-15-11-19-39(27)33(46)30(23(3)4)38-31(44)25(36-28(41)16-10-17-29(42)43)14-8-9-18-35-34(47)48-21-24-12-6-5-7-13-24/h5-7,12-13,20,22-23,25-27,30H,8-11,14-19,21H2,1-4H3,(H,35,47)(H,36,41)(H,37,45)(H,38,44)(H,42,43)/t25-,26+,27-,30-/m0/s1. The number of aldehydes is 1. The lowest BCUT2D eigenvalue weighted by molar-refractivity contribution is -0.143. The zero-order valence-electron chi connectivity index (χ0n) is 28.4. The third-order valence-electron chi connectivity index (χ3n) is 8.09. The highest BCUT2D eigenvalue weighted by Gasteiger charge is 2.40. The molecule has 0 saturated carbocycles. The molecule has 0 unspecified atom stereocenters. The van der Waals surface area contributed by atoms with Gasteiger partial charge in [-0.25, -0.2) is 4.79 Å². The third-order valence-corrected chi connectivity index (χ3v) is 8.09. The maximum absolute atomic E-state index is 13.8. The van der Waals surface area contributed by atoms with E-state index in [0.29, 0.717) is 38.5 Å². The first kappa shape index (κ1) is 39.7. The lowest BCUT2D eigenvalue weighted by Crippen LogP contribution is -2.58. The summed E-state index contributed by atoms with van der Waals surface area (Å²) in [6, 6.07) is 5.72. The van der Waals surface area contributed by atoms with Crippen LogP contribution in [0.25, 0.3) is 0 Å². The van der Waals surface area contributed by atoms with Gasteiger partial charge in [-0.05, 0) is 55.9 Å². The van der Waals surface area contributed by atoms with Crippen LogP contribution in [0.4, 0.5) is 4.79 Å². The number of amides is 5. The molecule has 4 atom stereocenters. The highest BCUT2D eigenvalue weighted by Crippen LogP contribution is 2.21. The van der Waals surface area contributed by atoms with Crippen LogP contribution in [-0.2, 0) is 40.1 Å². The molecule has 14 nitrogen and oxygen atoms in total. The Balaban J connectivity index is 2.03. The van der Waals surface area contributed by atoms with Crippen LogP contribution in [0.5, 0.6) is 0 Å². The van der Waals surface area contributed by atoms with E-state index >= 15 is 0 Å². The largest absolute Gasteiger partial charge is 0.481 e. The molecule has 1 saturated heterocycles. The number of carboxylic acid groups (broad SMARTS) is 1. The Bertz CT molecular complexity index is 1240. The second-order valence-corrected chi connectivity index (χ2v) is 12.7. The number of rotatable bonds is 20. The molecule has 0 bridgehead atoms. The van der Waals surface area contributed by atoms with E-state index in [0.717, 1.165) is 5.56 Å². The molecule has 5 amide bonds. The molecule has 5 N–H and O–H groups in total. The second-order valence-electron chi connectivity index (χ2n) is 12.7. The number of hydrogen-bond donors (Lipinski definition) is 5. The molecular formula is C34H51N5O9. The molecule has 0 spiro atoms. The molecule has 0 aromatic heterocycles. The molecular weight excluding hydrogens is 622 g/mol. The van der Waals surface area contributed by atoms with Crippen molar-refractivity contribution in [2.45, 2.75) is 110 Å².